The number of carbonyl (C=O) groups is 1. The Morgan fingerprint density at radius 1 is 1.09 bits per heavy atom. The zero-order valence-corrected chi connectivity index (χ0v) is 12.9. The van der Waals surface area contributed by atoms with Crippen LogP contribution in [0.3, 0.4) is 0 Å². The molecule has 0 spiro atoms. The number of hydrogen-bond acceptors (Lipinski definition) is 2. The maximum absolute atomic E-state index is 12.8. The lowest BCUT2D eigenvalue weighted by Crippen LogP contribution is -2.46. The van der Waals surface area contributed by atoms with Gasteiger partial charge in [0, 0.05) is 23.1 Å². The quantitative estimate of drug-likeness (QED) is 0.865. The molecule has 3 heteroatoms. The number of benzene rings is 2. The van der Waals surface area contributed by atoms with Gasteiger partial charge in [-0.1, -0.05) is 55.0 Å². The fraction of sp³-hybridized carbons (Fsp3) is 0.300. The van der Waals surface area contributed by atoms with Gasteiger partial charge in [0.05, 0.1) is 6.07 Å². The van der Waals surface area contributed by atoms with Crippen LogP contribution in [0.4, 0.5) is 0 Å². The molecule has 1 atom stereocenters. The third-order valence-electron chi connectivity index (χ3n) is 5.35. The molecule has 0 saturated heterocycles. The lowest BCUT2D eigenvalue weighted by Gasteiger charge is -2.45. The maximum atomic E-state index is 12.8. The molecule has 23 heavy (non-hydrogen) atoms. The van der Waals surface area contributed by atoms with Crippen LogP contribution in [0.15, 0.2) is 54.6 Å². The van der Waals surface area contributed by atoms with Crippen LogP contribution in [0, 0.1) is 11.3 Å². The van der Waals surface area contributed by atoms with Crippen molar-refractivity contribution in [1.82, 2.24) is 4.90 Å². The Kier molecular flexibility index (Phi) is 3.20. The molecule has 2 aliphatic rings. The predicted octanol–water partition coefficient (Wildman–Crippen LogP) is 3.83. The molecule has 1 aliphatic carbocycles. The number of fused-ring (bicyclic) bond motifs is 1. The normalized spacial score (nSPS) is 21.4. The minimum atomic E-state index is -0.458. The minimum Gasteiger partial charge on any atom is -0.318 e. The molecule has 1 saturated carbocycles. The first-order chi connectivity index (χ1) is 11.2. The molecule has 2 aromatic carbocycles. The van der Waals surface area contributed by atoms with E-state index < -0.39 is 6.04 Å². The van der Waals surface area contributed by atoms with Crippen LogP contribution in [0.1, 0.15) is 46.8 Å². The van der Waals surface area contributed by atoms with Crippen molar-refractivity contribution < 1.29 is 4.79 Å². The Labute approximate surface area is 136 Å². The zero-order chi connectivity index (χ0) is 15.9. The summed E-state index contributed by atoms with van der Waals surface area (Å²) in [5.41, 5.74) is 2.82. The summed E-state index contributed by atoms with van der Waals surface area (Å²) in [6.45, 7) is 0.628. The fourth-order valence-corrected chi connectivity index (χ4v) is 3.93. The highest BCUT2D eigenvalue weighted by Crippen LogP contribution is 2.46. The van der Waals surface area contributed by atoms with Crippen LogP contribution in [-0.2, 0) is 5.41 Å². The number of rotatable bonds is 3. The summed E-state index contributed by atoms with van der Waals surface area (Å²) in [4.78, 5) is 14.6. The average Bonchev–Trinajstić information content (AvgIpc) is 2.83. The SMILES string of the molecule is N#CC1c2ccccc2C(=O)N1CC1(c2ccccc2)CCC1. The summed E-state index contributed by atoms with van der Waals surface area (Å²) in [6.07, 6.45) is 3.34. The smallest absolute Gasteiger partial charge is 0.255 e. The standard InChI is InChI=1S/C20H18N2O/c21-13-18-16-9-4-5-10-17(16)19(23)22(18)14-20(11-6-12-20)15-7-2-1-3-8-15/h1-5,7-10,18H,6,11-12,14H2. The fourth-order valence-electron chi connectivity index (χ4n) is 3.93. The van der Waals surface area contributed by atoms with Crippen molar-refractivity contribution in [3.8, 4) is 6.07 Å². The molecule has 1 fully saturated rings. The molecule has 3 nitrogen and oxygen atoms in total. The number of nitrogens with zero attached hydrogens (tertiary/aromatic N) is 2. The number of nitriles is 1. The first-order valence-electron chi connectivity index (χ1n) is 8.10. The van der Waals surface area contributed by atoms with Crippen LogP contribution in [0.25, 0.3) is 0 Å². The molecule has 1 aliphatic heterocycles. The van der Waals surface area contributed by atoms with Gasteiger partial charge < -0.3 is 4.90 Å². The van der Waals surface area contributed by atoms with Crippen LogP contribution < -0.4 is 0 Å². The van der Waals surface area contributed by atoms with Gasteiger partial charge in [-0.2, -0.15) is 5.26 Å². The number of hydrogen-bond donors (Lipinski definition) is 0. The molecule has 0 N–H and O–H groups in total. The second kappa shape index (κ2) is 5.24. The molecule has 1 amide bonds. The van der Waals surface area contributed by atoms with Gasteiger partial charge in [0.25, 0.3) is 5.91 Å². The van der Waals surface area contributed by atoms with Gasteiger partial charge >= 0.3 is 0 Å². The topological polar surface area (TPSA) is 44.1 Å². The predicted molar refractivity (Wildman–Crippen MR) is 87.8 cm³/mol. The molecule has 1 heterocycles. The second-order valence-electron chi connectivity index (χ2n) is 6.55. The molecule has 2 aromatic rings. The van der Waals surface area contributed by atoms with Gasteiger partial charge in [-0.25, -0.2) is 0 Å². The third kappa shape index (κ3) is 2.06. The van der Waals surface area contributed by atoms with Crippen molar-refractivity contribution >= 4 is 5.91 Å². The maximum Gasteiger partial charge on any atom is 0.255 e. The molecule has 4 rings (SSSR count). The zero-order valence-electron chi connectivity index (χ0n) is 12.9. The molecular weight excluding hydrogens is 284 g/mol. The average molecular weight is 302 g/mol. The first kappa shape index (κ1) is 14.0. The van der Waals surface area contributed by atoms with E-state index in [0.29, 0.717) is 12.1 Å². The van der Waals surface area contributed by atoms with Gasteiger partial charge in [-0.05, 0) is 24.5 Å². The van der Waals surface area contributed by atoms with E-state index in [4.69, 9.17) is 0 Å². The largest absolute Gasteiger partial charge is 0.318 e. The van der Waals surface area contributed by atoms with Crippen molar-refractivity contribution in [3.63, 3.8) is 0 Å². The minimum absolute atomic E-state index is 0.00523. The Morgan fingerprint density at radius 2 is 1.78 bits per heavy atom. The van der Waals surface area contributed by atoms with Gasteiger partial charge in [0.15, 0.2) is 0 Å². The lowest BCUT2D eigenvalue weighted by molar-refractivity contribution is 0.0645. The summed E-state index contributed by atoms with van der Waals surface area (Å²) in [7, 11) is 0. The number of amides is 1. The highest BCUT2D eigenvalue weighted by Gasteiger charge is 2.45. The monoisotopic (exact) mass is 302 g/mol. The Bertz CT molecular complexity index is 787. The van der Waals surface area contributed by atoms with E-state index in [2.05, 4.69) is 30.3 Å². The van der Waals surface area contributed by atoms with Gasteiger partial charge in [-0.15, -0.1) is 0 Å². The van der Waals surface area contributed by atoms with Gasteiger partial charge in [0.1, 0.15) is 6.04 Å². The van der Waals surface area contributed by atoms with Crippen LogP contribution in [-0.4, -0.2) is 17.4 Å². The Hall–Kier alpha value is -2.60. The van der Waals surface area contributed by atoms with Crippen molar-refractivity contribution in [1.29, 1.82) is 5.26 Å². The van der Waals surface area contributed by atoms with Crippen LogP contribution in [0.5, 0.6) is 0 Å². The van der Waals surface area contributed by atoms with Gasteiger partial charge in [-0.3, -0.25) is 4.79 Å². The van der Waals surface area contributed by atoms with E-state index in [0.717, 1.165) is 18.4 Å². The summed E-state index contributed by atoms with van der Waals surface area (Å²) in [5, 5.41) is 9.62. The molecule has 1 unspecified atom stereocenters. The highest BCUT2D eigenvalue weighted by atomic mass is 16.2. The van der Waals surface area contributed by atoms with Crippen molar-refractivity contribution in [3.05, 3.63) is 71.3 Å². The highest BCUT2D eigenvalue weighted by molar-refractivity contribution is 5.99. The summed E-state index contributed by atoms with van der Waals surface area (Å²) >= 11 is 0. The van der Waals surface area contributed by atoms with Crippen molar-refractivity contribution in [2.24, 2.45) is 0 Å². The molecule has 0 aromatic heterocycles. The summed E-state index contributed by atoms with van der Waals surface area (Å²) < 4.78 is 0. The number of carbonyl (C=O) groups excluding carboxylic acids is 1. The van der Waals surface area contributed by atoms with Crippen molar-refractivity contribution in [2.45, 2.75) is 30.7 Å². The van der Waals surface area contributed by atoms with E-state index >= 15 is 0 Å². The van der Waals surface area contributed by atoms with E-state index in [1.807, 2.05) is 30.3 Å². The summed E-state index contributed by atoms with van der Waals surface area (Å²) in [6, 6.07) is 19.8. The third-order valence-corrected chi connectivity index (χ3v) is 5.35. The summed E-state index contributed by atoms with van der Waals surface area (Å²) in [5.74, 6) is -0.00523. The Morgan fingerprint density at radius 3 is 2.43 bits per heavy atom. The molecule has 0 radical (unpaired) electrons. The van der Waals surface area contributed by atoms with E-state index in [1.165, 1.54) is 12.0 Å². The molecular formula is C20H18N2O. The van der Waals surface area contributed by atoms with Crippen LogP contribution in [0.2, 0.25) is 0 Å². The second-order valence-corrected chi connectivity index (χ2v) is 6.55. The van der Waals surface area contributed by atoms with E-state index in [1.54, 1.807) is 4.90 Å². The first-order valence-corrected chi connectivity index (χ1v) is 8.10. The van der Waals surface area contributed by atoms with Crippen molar-refractivity contribution in [2.75, 3.05) is 6.54 Å². The van der Waals surface area contributed by atoms with E-state index in [9.17, 15) is 10.1 Å². The van der Waals surface area contributed by atoms with Crippen LogP contribution >= 0.6 is 0 Å². The molecule has 0 bridgehead atoms. The van der Waals surface area contributed by atoms with Gasteiger partial charge in [0.2, 0.25) is 0 Å². The lowest BCUT2D eigenvalue weighted by atomic mass is 9.64. The van der Waals surface area contributed by atoms with E-state index in [-0.39, 0.29) is 11.3 Å². The Balaban J connectivity index is 1.69. The molecule has 114 valence electrons.